The zero-order chi connectivity index (χ0) is 21.1. The topological polar surface area (TPSA) is 90.4 Å². The third kappa shape index (κ3) is 4.36. The molecule has 8 heteroatoms. The molecule has 1 unspecified atom stereocenters. The van der Waals surface area contributed by atoms with Gasteiger partial charge in [0, 0.05) is 10.0 Å². The number of H-pyrrole nitrogens is 1. The van der Waals surface area contributed by atoms with Gasteiger partial charge in [-0.1, -0.05) is 53.5 Å². The van der Waals surface area contributed by atoms with Gasteiger partial charge in [-0.05, 0) is 48.0 Å². The second kappa shape index (κ2) is 8.67. The van der Waals surface area contributed by atoms with Crippen molar-refractivity contribution in [2.75, 3.05) is 5.43 Å². The molecule has 0 aliphatic rings. The van der Waals surface area contributed by atoms with Crippen molar-refractivity contribution >= 4 is 45.6 Å². The minimum Gasteiger partial charge on any atom is -0.382 e. The van der Waals surface area contributed by atoms with E-state index in [0.717, 1.165) is 0 Å². The maximum Gasteiger partial charge on any atom is 0.276 e. The number of anilines is 1. The van der Waals surface area contributed by atoms with Gasteiger partial charge in [-0.2, -0.15) is 5.10 Å². The molecule has 0 aliphatic carbocycles. The highest BCUT2D eigenvalue weighted by Gasteiger charge is 2.22. The number of hydrogen-bond acceptors (Lipinski definition) is 5. The van der Waals surface area contributed by atoms with Crippen LogP contribution < -0.4 is 11.0 Å². The Labute approximate surface area is 181 Å². The molecule has 4 aromatic rings. The number of aromatic nitrogens is 2. The van der Waals surface area contributed by atoms with Gasteiger partial charge in [0.25, 0.3) is 5.56 Å². The predicted octanol–water partition coefficient (Wildman–Crippen LogP) is 4.78. The van der Waals surface area contributed by atoms with Gasteiger partial charge >= 0.3 is 0 Å². The van der Waals surface area contributed by atoms with Crippen LogP contribution in [0.25, 0.3) is 11.0 Å². The molecule has 0 spiro atoms. The fraction of sp³-hybridized carbons (Fsp3) is 0.0455. The van der Waals surface area contributed by atoms with Crippen molar-refractivity contribution in [3.8, 4) is 0 Å². The standard InChI is InChI=1S/C22H16Cl2N4O2/c23-14-8-6-13(7-9-14)21(29)19(28-27-16-4-2-1-3-5-16)20-22(30)26-18-12-15(24)10-11-17(18)25-20/h1-12,21,27,29H,(H,26,30)/b28-19+. The first-order chi connectivity index (χ1) is 14.5. The third-order valence-electron chi connectivity index (χ3n) is 4.42. The maximum absolute atomic E-state index is 12.8. The highest BCUT2D eigenvalue weighted by molar-refractivity contribution is 6.31. The largest absolute Gasteiger partial charge is 0.382 e. The van der Waals surface area contributed by atoms with Crippen molar-refractivity contribution in [3.05, 3.63) is 104 Å². The van der Waals surface area contributed by atoms with E-state index in [-0.39, 0.29) is 11.4 Å². The smallest absolute Gasteiger partial charge is 0.276 e. The number of rotatable bonds is 5. The summed E-state index contributed by atoms with van der Waals surface area (Å²) in [5.74, 6) is 0. The number of benzene rings is 3. The number of hydrogen-bond donors (Lipinski definition) is 3. The van der Waals surface area contributed by atoms with Crippen LogP contribution >= 0.6 is 23.2 Å². The molecule has 0 bridgehead atoms. The van der Waals surface area contributed by atoms with E-state index in [4.69, 9.17) is 23.2 Å². The van der Waals surface area contributed by atoms with E-state index >= 15 is 0 Å². The van der Waals surface area contributed by atoms with Crippen molar-refractivity contribution in [1.82, 2.24) is 9.97 Å². The molecule has 3 N–H and O–H groups in total. The lowest BCUT2D eigenvalue weighted by molar-refractivity contribution is 0.247. The quantitative estimate of drug-likeness (QED) is 0.308. The molecule has 0 radical (unpaired) electrons. The Kier molecular flexibility index (Phi) is 5.81. The van der Waals surface area contributed by atoms with Crippen molar-refractivity contribution in [3.63, 3.8) is 0 Å². The number of nitrogens with zero attached hydrogens (tertiary/aromatic N) is 2. The molecule has 0 saturated heterocycles. The van der Waals surface area contributed by atoms with Gasteiger partial charge in [0.1, 0.15) is 11.8 Å². The first kappa shape index (κ1) is 20.1. The summed E-state index contributed by atoms with van der Waals surface area (Å²) in [5, 5.41) is 16.4. The van der Waals surface area contributed by atoms with E-state index in [1.807, 2.05) is 30.3 Å². The van der Waals surface area contributed by atoms with Gasteiger partial charge in [0.15, 0.2) is 5.69 Å². The van der Waals surface area contributed by atoms with Crippen LogP contribution in [0, 0.1) is 0 Å². The zero-order valence-corrected chi connectivity index (χ0v) is 17.0. The monoisotopic (exact) mass is 438 g/mol. The average Bonchev–Trinajstić information content (AvgIpc) is 2.75. The first-order valence-corrected chi connectivity index (χ1v) is 9.79. The summed E-state index contributed by atoms with van der Waals surface area (Å²) in [6, 6.07) is 20.8. The van der Waals surface area contributed by atoms with Gasteiger partial charge in [0.05, 0.1) is 16.7 Å². The number of aromatic amines is 1. The molecule has 1 atom stereocenters. The van der Waals surface area contributed by atoms with E-state index < -0.39 is 11.7 Å². The lowest BCUT2D eigenvalue weighted by Crippen LogP contribution is -2.26. The van der Waals surface area contributed by atoms with Gasteiger partial charge in [0.2, 0.25) is 0 Å². The fourth-order valence-electron chi connectivity index (χ4n) is 2.92. The molecule has 0 aliphatic heterocycles. The van der Waals surface area contributed by atoms with Gasteiger partial charge in [-0.25, -0.2) is 4.98 Å². The Bertz CT molecular complexity index is 1270. The Morgan fingerprint density at radius 1 is 1.00 bits per heavy atom. The number of halogens is 2. The molecule has 0 saturated carbocycles. The molecule has 3 aromatic carbocycles. The lowest BCUT2D eigenvalue weighted by atomic mass is 10.0. The van der Waals surface area contributed by atoms with Crippen molar-refractivity contribution in [2.24, 2.45) is 5.10 Å². The average molecular weight is 439 g/mol. The van der Waals surface area contributed by atoms with Crippen LogP contribution in [0.1, 0.15) is 17.4 Å². The molecule has 0 amide bonds. The summed E-state index contributed by atoms with van der Waals surface area (Å²) >= 11 is 12.0. The van der Waals surface area contributed by atoms with Crippen LogP contribution in [0.4, 0.5) is 5.69 Å². The SMILES string of the molecule is O=c1[nH]c2cc(Cl)ccc2nc1/C(=N\Nc1ccccc1)C(O)c1ccc(Cl)cc1. The number of hydrazone groups is 1. The van der Waals surface area contributed by atoms with Crippen molar-refractivity contribution < 1.29 is 5.11 Å². The Morgan fingerprint density at radius 2 is 1.70 bits per heavy atom. The zero-order valence-electron chi connectivity index (χ0n) is 15.5. The van der Waals surface area contributed by atoms with Crippen LogP contribution in [0.5, 0.6) is 0 Å². The molecule has 30 heavy (non-hydrogen) atoms. The van der Waals surface area contributed by atoms with E-state index in [1.54, 1.807) is 42.5 Å². The van der Waals surface area contributed by atoms with E-state index in [0.29, 0.717) is 32.3 Å². The summed E-state index contributed by atoms with van der Waals surface area (Å²) < 4.78 is 0. The molecular formula is C22H16Cl2N4O2. The summed E-state index contributed by atoms with van der Waals surface area (Å²) in [6.45, 7) is 0. The van der Waals surface area contributed by atoms with Gasteiger partial charge < -0.3 is 10.1 Å². The minimum atomic E-state index is -1.21. The highest BCUT2D eigenvalue weighted by atomic mass is 35.5. The molecule has 150 valence electrons. The molecule has 1 aromatic heterocycles. The summed E-state index contributed by atoms with van der Waals surface area (Å²) in [6.07, 6.45) is -1.21. The molecule has 6 nitrogen and oxygen atoms in total. The Balaban J connectivity index is 1.83. The number of aliphatic hydroxyl groups excluding tert-OH is 1. The van der Waals surface area contributed by atoms with E-state index in [9.17, 15) is 9.90 Å². The molecule has 4 rings (SSSR count). The van der Waals surface area contributed by atoms with E-state index in [1.165, 1.54) is 0 Å². The normalized spacial score (nSPS) is 12.7. The maximum atomic E-state index is 12.8. The number of aliphatic hydroxyl groups is 1. The predicted molar refractivity (Wildman–Crippen MR) is 120 cm³/mol. The van der Waals surface area contributed by atoms with Crippen LogP contribution in [-0.4, -0.2) is 20.8 Å². The van der Waals surface area contributed by atoms with Gasteiger partial charge in [-0.3, -0.25) is 10.2 Å². The highest BCUT2D eigenvalue weighted by Crippen LogP contribution is 2.21. The van der Waals surface area contributed by atoms with E-state index in [2.05, 4.69) is 20.5 Å². The number of fused-ring (bicyclic) bond motifs is 1. The van der Waals surface area contributed by atoms with Crippen LogP contribution in [0.2, 0.25) is 10.0 Å². The number of para-hydroxylation sites is 1. The second-order valence-corrected chi connectivity index (χ2v) is 7.38. The Hall–Kier alpha value is -3.19. The van der Waals surface area contributed by atoms with Crippen LogP contribution in [0.15, 0.2) is 82.7 Å². The summed E-state index contributed by atoms with van der Waals surface area (Å²) in [7, 11) is 0. The lowest BCUT2D eigenvalue weighted by Gasteiger charge is -2.15. The third-order valence-corrected chi connectivity index (χ3v) is 4.91. The molecule has 1 heterocycles. The van der Waals surface area contributed by atoms with Gasteiger partial charge in [-0.15, -0.1) is 0 Å². The van der Waals surface area contributed by atoms with Crippen molar-refractivity contribution in [2.45, 2.75) is 6.10 Å². The van der Waals surface area contributed by atoms with Crippen molar-refractivity contribution in [1.29, 1.82) is 0 Å². The fourth-order valence-corrected chi connectivity index (χ4v) is 3.21. The molecule has 0 fully saturated rings. The summed E-state index contributed by atoms with van der Waals surface area (Å²) in [5.41, 5.74) is 4.68. The minimum absolute atomic E-state index is 0.00398. The second-order valence-electron chi connectivity index (χ2n) is 6.50. The Morgan fingerprint density at radius 3 is 2.43 bits per heavy atom. The summed E-state index contributed by atoms with van der Waals surface area (Å²) in [4.78, 5) is 20.0. The molecular weight excluding hydrogens is 423 g/mol. The number of nitrogens with one attached hydrogen (secondary N) is 2. The van der Waals surface area contributed by atoms with Crippen LogP contribution in [-0.2, 0) is 0 Å². The first-order valence-electron chi connectivity index (χ1n) is 9.03. The van der Waals surface area contributed by atoms with Crippen LogP contribution in [0.3, 0.4) is 0 Å².